The van der Waals surface area contributed by atoms with Crippen LogP contribution < -0.4 is 15.6 Å². The number of piperazine rings is 1. The Bertz CT molecular complexity index is 1860. The lowest BCUT2D eigenvalue weighted by Gasteiger charge is -2.31. The van der Waals surface area contributed by atoms with Gasteiger partial charge in [-0.15, -0.1) is 0 Å². The van der Waals surface area contributed by atoms with Gasteiger partial charge in [0.15, 0.2) is 11.6 Å². The zero-order chi connectivity index (χ0) is 32.3. The Morgan fingerprint density at radius 1 is 0.978 bits per heavy atom. The van der Waals surface area contributed by atoms with Crippen molar-refractivity contribution in [3.63, 3.8) is 0 Å². The minimum absolute atomic E-state index is 0.111. The highest BCUT2D eigenvalue weighted by Gasteiger charge is 2.53. The Balaban J connectivity index is 1.27. The summed E-state index contributed by atoms with van der Waals surface area (Å²) in [5.41, 5.74) is 2.61. The summed E-state index contributed by atoms with van der Waals surface area (Å²) in [6.45, 7) is 4.34. The molecule has 2 aliphatic carbocycles. The second-order valence-corrected chi connectivity index (χ2v) is 13.0. The first-order valence-electron chi connectivity index (χ1n) is 15.6. The van der Waals surface area contributed by atoms with Crippen LogP contribution in [0.4, 0.5) is 14.5 Å². The number of fused-ring (bicyclic) bond motifs is 3. The van der Waals surface area contributed by atoms with Gasteiger partial charge in [0.2, 0.25) is 5.91 Å². The topological polar surface area (TPSA) is 123 Å². The third-order valence-electron chi connectivity index (χ3n) is 9.92. The summed E-state index contributed by atoms with van der Waals surface area (Å²) >= 11 is 0. The summed E-state index contributed by atoms with van der Waals surface area (Å²) in [6, 6.07) is 9.94. The molecule has 2 aromatic heterocycles. The standard InChI is InChI=1S/C34H37F2N5O5/c1-39-7-9-41(10-8-39)16-21-15-23-26(17-40(2)34(45)30(23)37-21)22-14-20(4-6-28(22)46-29-5-3-19(35)13-27(29)36)38-33(44)25-12-18-11-24(25)32(43)31(18)42/h3-6,13-15,17-18,24-25,31-32,37,42-43H,7-12,16H2,1-2H3,(H,38,44). The first-order valence-corrected chi connectivity index (χ1v) is 15.6. The van der Waals surface area contributed by atoms with Crippen LogP contribution in [0, 0.1) is 29.4 Å². The number of nitrogens with zero attached hydrogens (tertiary/aromatic N) is 3. The first kappa shape index (κ1) is 30.5. The molecule has 5 atom stereocenters. The van der Waals surface area contributed by atoms with Crippen LogP contribution in [-0.2, 0) is 18.4 Å². The van der Waals surface area contributed by atoms with Crippen LogP contribution >= 0.6 is 0 Å². The molecule has 2 bridgehead atoms. The summed E-state index contributed by atoms with van der Waals surface area (Å²) in [7, 11) is 3.74. The van der Waals surface area contributed by atoms with E-state index in [1.54, 1.807) is 31.4 Å². The van der Waals surface area contributed by atoms with E-state index < -0.39 is 29.8 Å². The number of hydrogen-bond donors (Lipinski definition) is 4. The monoisotopic (exact) mass is 633 g/mol. The maximum atomic E-state index is 14.7. The number of rotatable bonds is 7. The van der Waals surface area contributed by atoms with E-state index in [-0.39, 0.29) is 34.8 Å². The molecule has 4 aromatic rings. The molecule has 3 heterocycles. The number of amides is 1. The Morgan fingerprint density at radius 2 is 1.74 bits per heavy atom. The molecule has 0 radical (unpaired) electrons. The number of aliphatic hydroxyl groups is 2. The van der Waals surface area contributed by atoms with Gasteiger partial charge >= 0.3 is 0 Å². The predicted octanol–water partition coefficient (Wildman–Crippen LogP) is 3.67. The number of aliphatic hydroxyl groups excluding tert-OH is 2. The minimum Gasteiger partial charge on any atom is -0.454 e. The van der Waals surface area contributed by atoms with Crippen LogP contribution in [0.2, 0.25) is 0 Å². The SMILES string of the molecule is CN1CCN(Cc2cc3c(-c4cc(NC(=O)C5CC6CC5C(O)C6O)ccc4Oc4ccc(F)cc4F)cn(C)c(=O)c3[nH]2)CC1. The molecule has 46 heavy (non-hydrogen) atoms. The molecular formula is C34H37F2N5O5. The van der Waals surface area contributed by atoms with Gasteiger partial charge in [-0.1, -0.05) is 0 Å². The molecule has 5 unspecified atom stereocenters. The lowest BCUT2D eigenvalue weighted by Crippen LogP contribution is -2.43. The largest absolute Gasteiger partial charge is 0.454 e. The highest BCUT2D eigenvalue weighted by molar-refractivity contribution is 5.99. The molecule has 10 nitrogen and oxygen atoms in total. The fourth-order valence-electron chi connectivity index (χ4n) is 7.36. The number of nitrogens with one attached hydrogen (secondary N) is 2. The summed E-state index contributed by atoms with van der Waals surface area (Å²) in [6.07, 6.45) is 1.04. The molecule has 1 amide bonds. The number of halogens is 2. The van der Waals surface area contributed by atoms with Gasteiger partial charge < -0.3 is 34.7 Å². The van der Waals surface area contributed by atoms with Gasteiger partial charge in [-0.05, 0) is 68.1 Å². The van der Waals surface area contributed by atoms with E-state index in [1.165, 1.54) is 10.6 Å². The quantitative estimate of drug-likeness (QED) is 0.245. The van der Waals surface area contributed by atoms with Crippen molar-refractivity contribution in [1.29, 1.82) is 0 Å². The number of aryl methyl sites for hydroxylation is 1. The van der Waals surface area contributed by atoms with Crippen LogP contribution in [0.25, 0.3) is 22.0 Å². The smallest absolute Gasteiger partial charge is 0.274 e. The fraction of sp³-hybridized carbons (Fsp3) is 0.412. The Morgan fingerprint density at radius 3 is 2.46 bits per heavy atom. The van der Waals surface area contributed by atoms with Gasteiger partial charge in [-0.25, -0.2) is 8.78 Å². The van der Waals surface area contributed by atoms with Crippen LogP contribution in [0.3, 0.4) is 0 Å². The fourth-order valence-corrected chi connectivity index (χ4v) is 7.36. The number of aromatic nitrogens is 2. The van der Waals surface area contributed by atoms with Crippen molar-refractivity contribution < 1.29 is 28.5 Å². The second-order valence-electron chi connectivity index (χ2n) is 13.0. The zero-order valence-electron chi connectivity index (χ0n) is 25.7. The molecular weight excluding hydrogens is 596 g/mol. The van der Waals surface area contributed by atoms with Crippen molar-refractivity contribution >= 4 is 22.5 Å². The number of carbonyl (C=O) groups is 1. The number of benzene rings is 2. The van der Waals surface area contributed by atoms with Crippen molar-refractivity contribution in [2.75, 3.05) is 38.5 Å². The molecule has 2 saturated carbocycles. The molecule has 12 heteroatoms. The molecule has 0 spiro atoms. The van der Waals surface area contributed by atoms with Gasteiger partial charge in [0.1, 0.15) is 17.1 Å². The van der Waals surface area contributed by atoms with E-state index in [0.717, 1.165) is 44.0 Å². The highest BCUT2D eigenvalue weighted by Crippen LogP contribution is 2.49. The Labute approximate surface area is 264 Å². The van der Waals surface area contributed by atoms with Gasteiger partial charge in [-0.3, -0.25) is 14.5 Å². The molecule has 3 fully saturated rings. The lowest BCUT2D eigenvalue weighted by molar-refractivity contribution is -0.125. The summed E-state index contributed by atoms with van der Waals surface area (Å²) in [5.74, 6) is -2.68. The number of ether oxygens (including phenoxy) is 1. The maximum Gasteiger partial charge on any atom is 0.274 e. The molecule has 1 aliphatic heterocycles. The number of pyridine rings is 1. The summed E-state index contributed by atoms with van der Waals surface area (Å²) in [4.78, 5) is 34.6. The molecule has 7 rings (SSSR count). The van der Waals surface area contributed by atoms with E-state index >= 15 is 0 Å². The van der Waals surface area contributed by atoms with Gasteiger partial charge in [0, 0.05) is 85.8 Å². The van der Waals surface area contributed by atoms with Crippen LogP contribution in [0.15, 0.2) is 53.5 Å². The maximum absolute atomic E-state index is 14.7. The molecule has 242 valence electrons. The van der Waals surface area contributed by atoms with E-state index in [2.05, 4.69) is 27.1 Å². The van der Waals surface area contributed by atoms with Crippen molar-refractivity contribution in [3.8, 4) is 22.6 Å². The van der Waals surface area contributed by atoms with E-state index in [9.17, 15) is 28.6 Å². The summed E-state index contributed by atoms with van der Waals surface area (Å²) in [5, 5.41) is 24.2. The van der Waals surface area contributed by atoms with Crippen molar-refractivity contribution in [2.24, 2.45) is 24.8 Å². The third kappa shape index (κ3) is 5.59. The average molecular weight is 634 g/mol. The van der Waals surface area contributed by atoms with Crippen molar-refractivity contribution in [1.82, 2.24) is 19.4 Å². The molecule has 1 saturated heterocycles. The first-order chi connectivity index (χ1) is 22.0. The molecule has 4 N–H and O–H groups in total. The Kier molecular flexibility index (Phi) is 7.92. The number of carbonyl (C=O) groups excluding carboxylic acids is 1. The van der Waals surface area contributed by atoms with Crippen LogP contribution in [-0.4, -0.2) is 80.9 Å². The third-order valence-corrected chi connectivity index (χ3v) is 9.92. The normalized spacial score (nSPS) is 25.0. The summed E-state index contributed by atoms with van der Waals surface area (Å²) < 4.78 is 35.9. The Hall–Kier alpha value is -4.10. The number of aromatic amines is 1. The van der Waals surface area contributed by atoms with Crippen LogP contribution in [0.1, 0.15) is 18.5 Å². The van der Waals surface area contributed by atoms with E-state index in [1.807, 2.05) is 6.07 Å². The lowest BCUT2D eigenvalue weighted by atomic mass is 9.84. The second kappa shape index (κ2) is 11.9. The van der Waals surface area contributed by atoms with E-state index in [4.69, 9.17) is 4.74 Å². The number of hydrogen-bond acceptors (Lipinski definition) is 7. The minimum atomic E-state index is -0.932. The number of likely N-dealkylation sites (N-methyl/N-ethyl adjacent to an activating group) is 1. The van der Waals surface area contributed by atoms with E-state index in [0.29, 0.717) is 47.1 Å². The number of H-pyrrole nitrogens is 1. The highest BCUT2D eigenvalue weighted by atomic mass is 19.1. The van der Waals surface area contributed by atoms with Crippen LogP contribution in [0.5, 0.6) is 11.5 Å². The van der Waals surface area contributed by atoms with Crippen molar-refractivity contribution in [2.45, 2.75) is 31.6 Å². The molecule has 2 aromatic carbocycles. The predicted molar refractivity (Wildman–Crippen MR) is 169 cm³/mol. The van der Waals surface area contributed by atoms with Gasteiger partial charge in [0.25, 0.3) is 5.56 Å². The van der Waals surface area contributed by atoms with Gasteiger partial charge in [-0.2, -0.15) is 0 Å². The average Bonchev–Trinajstić information content (AvgIpc) is 3.73. The zero-order valence-corrected chi connectivity index (χ0v) is 25.7. The van der Waals surface area contributed by atoms with Crippen molar-refractivity contribution in [3.05, 3.63) is 76.3 Å². The van der Waals surface area contributed by atoms with Gasteiger partial charge in [0.05, 0.1) is 12.2 Å². The molecule has 3 aliphatic rings. The number of anilines is 1.